The molecule has 0 aliphatic rings. The first-order valence-corrected chi connectivity index (χ1v) is 10.2. The summed E-state index contributed by atoms with van der Waals surface area (Å²) in [5.41, 5.74) is 3.31. The van der Waals surface area contributed by atoms with Crippen LogP contribution in [0.4, 0.5) is 5.69 Å². The number of rotatable bonds is 6. The molecular weight excluding hydrogens is 396 g/mol. The zero-order valence-corrected chi connectivity index (χ0v) is 16.8. The van der Waals surface area contributed by atoms with Gasteiger partial charge in [0.1, 0.15) is 11.6 Å². The highest BCUT2D eigenvalue weighted by atomic mass is 32.1. The number of hydrogen-bond donors (Lipinski definition) is 1. The largest absolute Gasteiger partial charge is 0.456 e. The average molecular weight is 414 g/mol. The van der Waals surface area contributed by atoms with Crippen molar-refractivity contribution in [1.29, 1.82) is 0 Å². The molecule has 0 saturated heterocycles. The molecule has 0 aliphatic heterocycles. The molecule has 0 aliphatic carbocycles. The zero-order chi connectivity index (χ0) is 20.8. The molecule has 5 nitrogen and oxygen atoms in total. The Balaban J connectivity index is 1.33. The van der Waals surface area contributed by atoms with Crippen molar-refractivity contribution in [3.05, 3.63) is 107 Å². The summed E-state index contributed by atoms with van der Waals surface area (Å²) in [5, 5.41) is 5.30. The van der Waals surface area contributed by atoms with Crippen molar-refractivity contribution in [3.8, 4) is 10.6 Å². The molecule has 0 saturated carbocycles. The summed E-state index contributed by atoms with van der Waals surface area (Å²) >= 11 is 1.40. The summed E-state index contributed by atoms with van der Waals surface area (Å²) < 4.78 is 5.36. The number of nitrogens with one attached hydrogen (secondary N) is 1. The number of ether oxygens (including phenoxy) is 1. The lowest BCUT2D eigenvalue weighted by Gasteiger charge is -2.07. The van der Waals surface area contributed by atoms with E-state index in [0.717, 1.165) is 21.8 Å². The van der Waals surface area contributed by atoms with Crippen LogP contribution in [-0.4, -0.2) is 16.9 Å². The molecule has 1 heterocycles. The number of thiazole rings is 1. The molecule has 6 heteroatoms. The maximum atomic E-state index is 12.3. The van der Waals surface area contributed by atoms with Crippen LogP contribution >= 0.6 is 11.3 Å². The van der Waals surface area contributed by atoms with E-state index in [9.17, 15) is 9.59 Å². The fourth-order valence-electron chi connectivity index (χ4n) is 2.78. The van der Waals surface area contributed by atoms with E-state index in [1.807, 2.05) is 60.7 Å². The molecule has 1 aromatic heterocycles. The molecular formula is C24H18N2O3S. The van der Waals surface area contributed by atoms with Gasteiger partial charge < -0.3 is 10.1 Å². The number of hydrogen-bond acceptors (Lipinski definition) is 5. The van der Waals surface area contributed by atoms with Crippen molar-refractivity contribution >= 4 is 28.9 Å². The quantitative estimate of drug-likeness (QED) is 0.428. The lowest BCUT2D eigenvalue weighted by atomic mass is 10.1. The monoisotopic (exact) mass is 414 g/mol. The van der Waals surface area contributed by atoms with Crippen LogP contribution in [0.2, 0.25) is 0 Å². The van der Waals surface area contributed by atoms with Gasteiger partial charge in [-0.2, -0.15) is 0 Å². The van der Waals surface area contributed by atoms with Crippen LogP contribution in [0.5, 0.6) is 0 Å². The minimum atomic E-state index is -0.473. The molecule has 30 heavy (non-hydrogen) atoms. The molecule has 3 aromatic carbocycles. The molecule has 148 valence electrons. The third-order valence-electron chi connectivity index (χ3n) is 4.35. The van der Waals surface area contributed by atoms with Crippen LogP contribution in [0.3, 0.4) is 0 Å². The van der Waals surface area contributed by atoms with E-state index in [0.29, 0.717) is 5.56 Å². The number of carbonyl (C=O) groups is 2. The lowest BCUT2D eigenvalue weighted by Crippen LogP contribution is -2.12. The summed E-state index contributed by atoms with van der Waals surface area (Å²) in [5.74, 6) is -0.667. The number of carbonyl (C=O) groups excluding carboxylic acids is 2. The second kappa shape index (κ2) is 9.15. The van der Waals surface area contributed by atoms with E-state index >= 15 is 0 Å². The molecule has 0 radical (unpaired) electrons. The van der Waals surface area contributed by atoms with Gasteiger partial charge >= 0.3 is 5.97 Å². The highest BCUT2D eigenvalue weighted by Gasteiger charge is 2.13. The summed E-state index contributed by atoms with van der Waals surface area (Å²) in [7, 11) is 0. The van der Waals surface area contributed by atoms with Crippen LogP contribution in [0.15, 0.2) is 90.3 Å². The molecule has 0 unspecified atom stereocenters. The third kappa shape index (κ3) is 4.79. The summed E-state index contributed by atoms with van der Waals surface area (Å²) in [6, 6.07) is 25.9. The number of nitrogens with zero attached hydrogens (tertiary/aromatic N) is 1. The van der Waals surface area contributed by atoms with Gasteiger partial charge in [-0.05, 0) is 29.8 Å². The normalized spacial score (nSPS) is 10.4. The predicted molar refractivity (Wildman–Crippen MR) is 118 cm³/mol. The Hall–Kier alpha value is -3.77. The van der Waals surface area contributed by atoms with Gasteiger partial charge in [0.2, 0.25) is 0 Å². The van der Waals surface area contributed by atoms with Gasteiger partial charge in [-0.1, -0.05) is 60.7 Å². The maximum absolute atomic E-state index is 12.3. The highest BCUT2D eigenvalue weighted by Crippen LogP contribution is 2.23. The summed E-state index contributed by atoms with van der Waals surface area (Å²) in [6.45, 7) is 0.109. The van der Waals surface area contributed by atoms with Crippen LogP contribution in [-0.2, 0) is 11.3 Å². The van der Waals surface area contributed by atoms with Gasteiger partial charge in [0, 0.05) is 22.2 Å². The fourth-order valence-corrected chi connectivity index (χ4v) is 3.58. The minimum absolute atomic E-state index is 0.109. The van der Waals surface area contributed by atoms with E-state index in [1.54, 1.807) is 29.6 Å². The SMILES string of the molecule is O=C(Nc1ccccc1)c1ccc(COC(=O)c2csc(-c3ccccc3)n2)cc1. The first-order valence-electron chi connectivity index (χ1n) is 9.32. The fraction of sp³-hybridized carbons (Fsp3) is 0.0417. The summed E-state index contributed by atoms with van der Waals surface area (Å²) in [4.78, 5) is 29.0. The Morgan fingerprint density at radius 1 is 0.867 bits per heavy atom. The van der Waals surface area contributed by atoms with Crippen LogP contribution in [0.25, 0.3) is 10.6 Å². The number of benzene rings is 3. The van der Waals surface area contributed by atoms with Gasteiger partial charge in [-0.15, -0.1) is 11.3 Å². The van der Waals surface area contributed by atoms with Gasteiger partial charge in [0.05, 0.1) is 0 Å². The van der Waals surface area contributed by atoms with Crippen molar-refractivity contribution in [2.24, 2.45) is 0 Å². The second-order valence-corrected chi connectivity index (χ2v) is 7.36. The second-order valence-electron chi connectivity index (χ2n) is 6.50. The maximum Gasteiger partial charge on any atom is 0.358 e. The van der Waals surface area contributed by atoms with Crippen LogP contribution in [0.1, 0.15) is 26.4 Å². The molecule has 1 N–H and O–H groups in total. The van der Waals surface area contributed by atoms with Crippen LogP contribution < -0.4 is 5.32 Å². The third-order valence-corrected chi connectivity index (χ3v) is 5.24. The van der Waals surface area contributed by atoms with Crippen molar-refractivity contribution in [1.82, 2.24) is 4.98 Å². The van der Waals surface area contributed by atoms with Gasteiger partial charge in [-0.25, -0.2) is 9.78 Å². The van der Waals surface area contributed by atoms with E-state index in [2.05, 4.69) is 10.3 Å². The minimum Gasteiger partial charge on any atom is -0.456 e. The average Bonchev–Trinajstić information content (AvgIpc) is 3.30. The Morgan fingerprint density at radius 2 is 1.53 bits per heavy atom. The van der Waals surface area contributed by atoms with E-state index in [1.165, 1.54) is 11.3 Å². The first-order chi connectivity index (χ1) is 14.7. The zero-order valence-electron chi connectivity index (χ0n) is 15.9. The Labute approximate surface area is 178 Å². The van der Waals surface area contributed by atoms with Gasteiger partial charge in [0.15, 0.2) is 5.69 Å². The van der Waals surface area contributed by atoms with Crippen molar-refractivity contribution in [2.75, 3.05) is 5.32 Å². The van der Waals surface area contributed by atoms with Crippen molar-refractivity contribution in [2.45, 2.75) is 6.61 Å². The number of para-hydroxylation sites is 1. The number of anilines is 1. The van der Waals surface area contributed by atoms with Crippen molar-refractivity contribution < 1.29 is 14.3 Å². The molecule has 0 spiro atoms. The molecule has 0 bridgehead atoms. The molecule has 4 aromatic rings. The molecule has 0 atom stereocenters. The number of amides is 1. The predicted octanol–water partition coefficient (Wildman–Crippen LogP) is 5.42. The Morgan fingerprint density at radius 3 is 2.23 bits per heavy atom. The van der Waals surface area contributed by atoms with E-state index < -0.39 is 5.97 Å². The molecule has 4 rings (SSSR count). The topological polar surface area (TPSA) is 68.3 Å². The number of esters is 1. The molecule has 0 fully saturated rings. The van der Waals surface area contributed by atoms with Gasteiger partial charge in [-0.3, -0.25) is 4.79 Å². The Bertz CT molecular complexity index is 1140. The van der Waals surface area contributed by atoms with Gasteiger partial charge in [0.25, 0.3) is 5.91 Å². The standard InChI is InChI=1S/C24H18N2O3S/c27-22(25-20-9-5-2-6-10-20)18-13-11-17(12-14-18)15-29-24(28)21-16-30-23(26-21)19-7-3-1-4-8-19/h1-14,16H,15H2,(H,25,27). The highest BCUT2D eigenvalue weighted by molar-refractivity contribution is 7.13. The van der Waals surface area contributed by atoms with E-state index in [4.69, 9.17) is 4.74 Å². The lowest BCUT2D eigenvalue weighted by molar-refractivity contribution is 0.0466. The van der Waals surface area contributed by atoms with Crippen LogP contribution in [0, 0.1) is 0 Å². The Kier molecular flexibility index (Phi) is 5.96. The van der Waals surface area contributed by atoms with E-state index in [-0.39, 0.29) is 18.2 Å². The smallest absolute Gasteiger partial charge is 0.358 e. The summed E-state index contributed by atoms with van der Waals surface area (Å²) in [6.07, 6.45) is 0. The van der Waals surface area contributed by atoms with Crippen molar-refractivity contribution in [3.63, 3.8) is 0 Å². The number of aromatic nitrogens is 1. The molecule has 1 amide bonds. The first kappa shape index (κ1) is 19.5.